The molecule has 0 saturated heterocycles. The smallest absolute Gasteiger partial charge is 0.247 e. The summed E-state index contributed by atoms with van der Waals surface area (Å²) < 4.78 is 5.27. The average molecular weight is 457 g/mol. The molecule has 1 atom stereocenters. The highest BCUT2D eigenvalue weighted by Crippen LogP contribution is 2.26. The highest BCUT2D eigenvalue weighted by atomic mass is 35.5. The molecule has 1 N–H and O–H groups in total. The van der Waals surface area contributed by atoms with E-state index < -0.39 is 6.04 Å². The molecule has 0 spiro atoms. The Balaban J connectivity index is 1.87. The molecule has 3 rings (SSSR count). The maximum Gasteiger partial charge on any atom is 0.247 e. The molecule has 172 valence electrons. The molecule has 1 fully saturated rings. The summed E-state index contributed by atoms with van der Waals surface area (Å²) in [5.74, 6) is 0.134. The number of methoxy groups -OCH3 is 1. The zero-order chi connectivity index (χ0) is 22.9. The number of aryl methyl sites for hydroxylation is 1. The number of benzene rings is 2. The van der Waals surface area contributed by atoms with E-state index in [9.17, 15) is 9.59 Å². The van der Waals surface area contributed by atoms with E-state index in [2.05, 4.69) is 29.6 Å². The molecule has 0 bridgehead atoms. The first-order valence-corrected chi connectivity index (χ1v) is 11.9. The van der Waals surface area contributed by atoms with Gasteiger partial charge in [0.15, 0.2) is 0 Å². The number of nitrogens with one attached hydrogen (secondary N) is 1. The maximum absolute atomic E-state index is 13.5. The number of carbonyl (C=O) groups is 2. The number of carbonyl (C=O) groups excluding carboxylic acids is 2. The summed E-state index contributed by atoms with van der Waals surface area (Å²) in [5.41, 5.74) is 3.05. The molecule has 6 heteroatoms. The van der Waals surface area contributed by atoms with Crippen molar-refractivity contribution in [2.24, 2.45) is 0 Å². The van der Waals surface area contributed by atoms with Crippen LogP contribution in [0.1, 0.15) is 54.8 Å². The zero-order valence-corrected chi connectivity index (χ0v) is 19.7. The van der Waals surface area contributed by atoms with Crippen LogP contribution in [0.3, 0.4) is 0 Å². The minimum atomic E-state index is -0.737. The second-order valence-corrected chi connectivity index (χ2v) is 8.74. The van der Waals surface area contributed by atoms with Gasteiger partial charge in [-0.15, -0.1) is 11.6 Å². The van der Waals surface area contributed by atoms with Crippen LogP contribution < -0.4 is 10.1 Å². The van der Waals surface area contributed by atoms with Crippen molar-refractivity contribution in [1.82, 2.24) is 10.2 Å². The van der Waals surface area contributed by atoms with Gasteiger partial charge in [-0.2, -0.15) is 0 Å². The van der Waals surface area contributed by atoms with Crippen LogP contribution in [0, 0.1) is 6.92 Å². The van der Waals surface area contributed by atoms with Gasteiger partial charge in [-0.1, -0.05) is 61.2 Å². The number of alkyl halides is 1. The van der Waals surface area contributed by atoms with E-state index in [1.54, 1.807) is 12.0 Å². The minimum absolute atomic E-state index is 0.149. The Kier molecular flexibility index (Phi) is 8.98. The van der Waals surface area contributed by atoms with Crippen LogP contribution in [0.5, 0.6) is 5.75 Å². The number of rotatable bonds is 9. The summed E-state index contributed by atoms with van der Waals surface area (Å²) in [6.45, 7) is 2.45. The Hall–Kier alpha value is -2.53. The van der Waals surface area contributed by atoms with Gasteiger partial charge in [0.2, 0.25) is 11.8 Å². The summed E-state index contributed by atoms with van der Waals surface area (Å²) >= 11 is 5.98. The van der Waals surface area contributed by atoms with Gasteiger partial charge in [-0.05, 0) is 49.4 Å². The molecule has 0 aromatic heterocycles. The number of ether oxygens (including phenoxy) is 1. The van der Waals surface area contributed by atoms with Gasteiger partial charge < -0.3 is 15.0 Å². The van der Waals surface area contributed by atoms with Crippen molar-refractivity contribution in [3.63, 3.8) is 0 Å². The quantitative estimate of drug-likeness (QED) is 0.551. The van der Waals surface area contributed by atoms with E-state index >= 15 is 0 Å². The van der Waals surface area contributed by atoms with Crippen LogP contribution in [-0.4, -0.2) is 42.3 Å². The predicted octanol–water partition coefficient (Wildman–Crippen LogP) is 4.80. The molecule has 2 amide bonds. The molecule has 0 unspecified atom stereocenters. The lowest BCUT2D eigenvalue weighted by Crippen LogP contribution is -2.48. The Morgan fingerprint density at radius 3 is 2.31 bits per heavy atom. The van der Waals surface area contributed by atoms with Crippen molar-refractivity contribution in [1.29, 1.82) is 0 Å². The number of hydrogen-bond donors (Lipinski definition) is 1. The van der Waals surface area contributed by atoms with Gasteiger partial charge in [-0.25, -0.2) is 0 Å². The summed E-state index contributed by atoms with van der Waals surface area (Å²) in [5, 5.41) is 3.20. The van der Waals surface area contributed by atoms with Crippen molar-refractivity contribution in [2.45, 2.75) is 57.5 Å². The van der Waals surface area contributed by atoms with Gasteiger partial charge >= 0.3 is 0 Å². The Labute approximate surface area is 196 Å². The van der Waals surface area contributed by atoms with Gasteiger partial charge in [0.25, 0.3) is 0 Å². The van der Waals surface area contributed by atoms with E-state index in [0.29, 0.717) is 18.7 Å². The summed E-state index contributed by atoms with van der Waals surface area (Å²) in [7, 11) is 1.60. The van der Waals surface area contributed by atoms with Crippen molar-refractivity contribution in [3.05, 3.63) is 65.2 Å². The molecule has 0 aliphatic heterocycles. The SMILES string of the molecule is COc1ccc([C@H](C(=O)NC2CCCCC2)N(CCc2ccc(C)cc2)C(=O)CCl)cc1. The van der Waals surface area contributed by atoms with Crippen molar-refractivity contribution < 1.29 is 14.3 Å². The largest absolute Gasteiger partial charge is 0.497 e. The molecule has 32 heavy (non-hydrogen) atoms. The number of hydrogen-bond acceptors (Lipinski definition) is 3. The van der Waals surface area contributed by atoms with E-state index in [1.807, 2.05) is 31.2 Å². The van der Waals surface area contributed by atoms with Crippen LogP contribution in [0.2, 0.25) is 0 Å². The Bertz CT molecular complexity index is 877. The first-order valence-electron chi connectivity index (χ1n) is 11.4. The van der Waals surface area contributed by atoms with E-state index in [4.69, 9.17) is 16.3 Å². The molecule has 0 radical (unpaired) electrons. The van der Waals surface area contributed by atoms with Gasteiger partial charge in [0.1, 0.15) is 17.7 Å². The van der Waals surface area contributed by atoms with Crippen LogP contribution in [0.25, 0.3) is 0 Å². The summed E-state index contributed by atoms with van der Waals surface area (Å²) in [4.78, 5) is 28.0. The second kappa shape index (κ2) is 11.9. The average Bonchev–Trinajstić information content (AvgIpc) is 2.83. The number of nitrogens with zero attached hydrogens (tertiary/aromatic N) is 1. The maximum atomic E-state index is 13.5. The van der Waals surface area contributed by atoms with E-state index in [1.165, 1.54) is 12.0 Å². The normalized spacial score (nSPS) is 15.1. The van der Waals surface area contributed by atoms with Crippen molar-refractivity contribution in [2.75, 3.05) is 19.5 Å². The third-order valence-corrected chi connectivity index (χ3v) is 6.37. The monoisotopic (exact) mass is 456 g/mol. The fraction of sp³-hybridized carbons (Fsp3) is 0.462. The Morgan fingerprint density at radius 2 is 1.72 bits per heavy atom. The third kappa shape index (κ3) is 6.49. The molecule has 1 aliphatic rings. The molecule has 0 heterocycles. The first-order chi connectivity index (χ1) is 15.5. The molecular formula is C26H33ClN2O3. The standard InChI is InChI=1S/C26H33ClN2O3/c1-19-8-10-20(11-9-19)16-17-29(24(30)18-27)25(21-12-14-23(32-2)15-13-21)26(31)28-22-6-4-3-5-7-22/h8-15,22,25H,3-7,16-18H2,1-2H3,(H,28,31)/t25-/m1/s1. The number of amides is 2. The lowest BCUT2D eigenvalue weighted by molar-refractivity contribution is -0.139. The lowest BCUT2D eigenvalue weighted by atomic mass is 9.94. The fourth-order valence-corrected chi connectivity index (χ4v) is 4.42. The van der Waals surface area contributed by atoms with Crippen molar-refractivity contribution in [3.8, 4) is 5.75 Å². The fourth-order valence-electron chi connectivity index (χ4n) is 4.26. The van der Waals surface area contributed by atoms with Crippen molar-refractivity contribution >= 4 is 23.4 Å². The minimum Gasteiger partial charge on any atom is -0.497 e. The van der Waals surface area contributed by atoms with E-state index in [-0.39, 0.29) is 23.7 Å². The third-order valence-electron chi connectivity index (χ3n) is 6.14. The molecule has 2 aromatic rings. The lowest BCUT2D eigenvalue weighted by Gasteiger charge is -2.33. The first kappa shape index (κ1) is 24.1. The highest BCUT2D eigenvalue weighted by molar-refractivity contribution is 6.27. The Morgan fingerprint density at radius 1 is 1.06 bits per heavy atom. The molecular weight excluding hydrogens is 424 g/mol. The van der Waals surface area contributed by atoms with Crippen LogP contribution in [0.4, 0.5) is 0 Å². The van der Waals surface area contributed by atoms with Crippen LogP contribution in [-0.2, 0) is 16.0 Å². The topological polar surface area (TPSA) is 58.6 Å². The highest BCUT2D eigenvalue weighted by Gasteiger charge is 2.32. The molecule has 5 nitrogen and oxygen atoms in total. The predicted molar refractivity (Wildman–Crippen MR) is 128 cm³/mol. The zero-order valence-electron chi connectivity index (χ0n) is 19.0. The number of halogens is 1. The molecule has 1 aliphatic carbocycles. The van der Waals surface area contributed by atoms with Gasteiger partial charge in [0, 0.05) is 12.6 Å². The van der Waals surface area contributed by atoms with Crippen LogP contribution in [0.15, 0.2) is 48.5 Å². The van der Waals surface area contributed by atoms with Crippen LogP contribution >= 0.6 is 11.6 Å². The summed E-state index contributed by atoms with van der Waals surface area (Å²) in [6, 6.07) is 15.0. The van der Waals surface area contributed by atoms with Gasteiger partial charge in [0.05, 0.1) is 7.11 Å². The van der Waals surface area contributed by atoms with E-state index in [0.717, 1.165) is 36.8 Å². The molecule has 2 aromatic carbocycles. The second-order valence-electron chi connectivity index (χ2n) is 8.48. The summed E-state index contributed by atoms with van der Waals surface area (Å²) in [6.07, 6.45) is 6.06. The van der Waals surface area contributed by atoms with Gasteiger partial charge in [-0.3, -0.25) is 9.59 Å². The molecule has 1 saturated carbocycles.